The fourth-order valence-corrected chi connectivity index (χ4v) is 3.63. The van der Waals surface area contributed by atoms with E-state index in [4.69, 9.17) is 0 Å². The average Bonchev–Trinajstić information content (AvgIpc) is 2.54. The lowest BCUT2D eigenvalue weighted by atomic mass is 9.78. The van der Waals surface area contributed by atoms with E-state index < -0.39 is 18.0 Å². The molecule has 7 heteroatoms. The van der Waals surface area contributed by atoms with Gasteiger partial charge in [-0.15, -0.1) is 0 Å². The van der Waals surface area contributed by atoms with Gasteiger partial charge in [0.2, 0.25) is 5.91 Å². The van der Waals surface area contributed by atoms with Gasteiger partial charge in [-0.3, -0.25) is 9.69 Å². The Morgan fingerprint density at radius 1 is 1.17 bits per heavy atom. The van der Waals surface area contributed by atoms with Crippen molar-refractivity contribution in [3.63, 3.8) is 0 Å². The van der Waals surface area contributed by atoms with Gasteiger partial charge in [-0.2, -0.15) is 13.2 Å². The van der Waals surface area contributed by atoms with Gasteiger partial charge in [0.1, 0.15) is 0 Å². The summed E-state index contributed by atoms with van der Waals surface area (Å²) < 4.78 is 39.5. The molecule has 1 aliphatic carbocycles. The number of halogens is 3. The first-order valence-corrected chi connectivity index (χ1v) is 8.58. The molecule has 1 amide bonds. The van der Waals surface area contributed by atoms with E-state index >= 15 is 0 Å². The van der Waals surface area contributed by atoms with E-state index in [0.29, 0.717) is 58.4 Å². The van der Waals surface area contributed by atoms with Gasteiger partial charge in [0.05, 0.1) is 12.0 Å². The molecule has 2 fully saturated rings. The van der Waals surface area contributed by atoms with Crippen LogP contribution in [0.1, 0.15) is 39.0 Å². The number of β-amino-alcohol motifs (C(OH)–C–C–N with tert-alkyl or cyclic N) is 1. The quantitative estimate of drug-likeness (QED) is 0.856. The molecule has 4 nitrogen and oxygen atoms in total. The van der Waals surface area contributed by atoms with Crippen molar-refractivity contribution >= 4 is 5.91 Å². The second-order valence-electron chi connectivity index (χ2n) is 6.73. The second-order valence-corrected chi connectivity index (χ2v) is 6.73. The zero-order chi connectivity index (χ0) is 17.0. The molecule has 0 bridgehead atoms. The highest BCUT2D eigenvalue weighted by Crippen LogP contribution is 2.42. The van der Waals surface area contributed by atoms with Crippen LogP contribution in [0, 0.1) is 11.8 Å². The molecular formula is C16H27F3N2O2. The van der Waals surface area contributed by atoms with Crippen LogP contribution in [-0.2, 0) is 4.79 Å². The first-order valence-electron chi connectivity index (χ1n) is 8.58. The molecule has 0 spiro atoms. The number of carbonyl (C=O) groups excluding carboxylic acids is 1. The van der Waals surface area contributed by atoms with E-state index in [2.05, 4.69) is 4.90 Å². The number of carbonyl (C=O) groups is 1. The van der Waals surface area contributed by atoms with Gasteiger partial charge < -0.3 is 10.0 Å². The molecule has 1 saturated heterocycles. The highest BCUT2D eigenvalue weighted by Gasteiger charge is 2.49. The van der Waals surface area contributed by atoms with E-state index in [9.17, 15) is 23.1 Å². The number of piperazine rings is 1. The molecule has 0 aromatic carbocycles. The summed E-state index contributed by atoms with van der Waals surface area (Å²) in [7, 11) is 0. The average molecular weight is 336 g/mol. The molecule has 0 aromatic rings. The minimum Gasteiger partial charge on any atom is -0.392 e. The minimum atomic E-state index is -4.28. The lowest BCUT2D eigenvalue weighted by Crippen LogP contribution is -2.53. The van der Waals surface area contributed by atoms with Crippen molar-refractivity contribution in [3.8, 4) is 0 Å². The zero-order valence-corrected chi connectivity index (χ0v) is 13.7. The van der Waals surface area contributed by atoms with Crippen LogP contribution >= 0.6 is 0 Å². The van der Waals surface area contributed by atoms with Gasteiger partial charge in [-0.25, -0.2) is 0 Å². The Morgan fingerprint density at radius 3 is 2.35 bits per heavy atom. The molecule has 0 radical (unpaired) electrons. The largest absolute Gasteiger partial charge is 0.392 e. The van der Waals surface area contributed by atoms with Crippen LogP contribution in [-0.4, -0.2) is 65.8 Å². The van der Waals surface area contributed by atoms with Crippen molar-refractivity contribution < 1.29 is 23.1 Å². The Labute approximate surface area is 135 Å². The molecular weight excluding hydrogens is 309 g/mol. The molecule has 1 N–H and O–H groups in total. The maximum atomic E-state index is 13.2. The van der Waals surface area contributed by atoms with Crippen molar-refractivity contribution in [3.05, 3.63) is 0 Å². The molecule has 23 heavy (non-hydrogen) atoms. The highest BCUT2D eigenvalue weighted by molar-refractivity contribution is 5.79. The zero-order valence-electron chi connectivity index (χ0n) is 13.7. The van der Waals surface area contributed by atoms with Crippen molar-refractivity contribution in [2.24, 2.45) is 11.8 Å². The number of aliphatic hydroxyl groups is 1. The van der Waals surface area contributed by atoms with E-state index in [1.165, 1.54) is 0 Å². The number of nitrogens with zero attached hydrogens (tertiary/aromatic N) is 2. The van der Waals surface area contributed by atoms with Gasteiger partial charge in [0, 0.05) is 38.6 Å². The lowest BCUT2D eigenvalue weighted by molar-refractivity contribution is -0.201. The maximum absolute atomic E-state index is 13.2. The van der Waals surface area contributed by atoms with Crippen LogP contribution in [0.2, 0.25) is 0 Å². The Kier molecular flexibility index (Phi) is 6.31. The van der Waals surface area contributed by atoms with Gasteiger partial charge >= 0.3 is 6.18 Å². The van der Waals surface area contributed by atoms with Crippen molar-refractivity contribution in [2.75, 3.05) is 32.7 Å². The Hall–Kier alpha value is -0.820. The monoisotopic (exact) mass is 336 g/mol. The number of rotatable bonds is 4. The molecule has 1 aliphatic heterocycles. The van der Waals surface area contributed by atoms with Crippen LogP contribution in [0.15, 0.2) is 0 Å². The van der Waals surface area contributed by atoms with Gasteiger partial charge in [-0.1, -0.05) is 19.8 Å². The molecule has 3 atom stereocenters. The standard InChI is InChI=1S/C16H27F3N2O2/c1-2-12(22)11-20-7-9-21(10-8-20)15(23)13-5-3-4-6-14(13)16(17,18)19/h12-14,22H,2-11H2,1H3/t12-,13+,14+/m0/s1. The SMILES string of the molecule is CC[C@H](O)CN1CCN(C(=O)[C@@H]2CCCC[C@H]2C(F)(F)F)CC1. The highest BCUT2D eigenvalue weighted by atomic mass is 19.4. The second kappa shape index (κ2) is 7.83. The summed E-state index contributed by atoms with van der Waals surface area (Å²) in [5, 5.41) is 9.67. The predicted octanol–water partition coefficient (Wildman–Crippen LogP) is 2.27. The smallest absolute Gasteiger partial charge is 0.392 e. The third-order valence-corrected chi connectivity index (χ3v) is 5.13. The number of amides is 1. The van der Waals surface area contributed by atoms with E-state index in [1.807, 2.05) is 6.92 Å². The van der Waals surface area contributed by atoms with Crippen LogP contribution in [0.3, 0.4) is 0 Å². The fourth-order valence-electron chi connectivity index (χ4n) is 3.63. The summed E-state index contributed by atoms with van der Waals surface area (Å²) in [5.41, 5.74) is 0. The normalized spacial score (nSPS) is 28.7. The molecule has 1 saturated carbocycles. The topological polar surface area (TPSA) is 43.8 Å². The van der Waals surface area contributed by atoms with Crippen LogP contribution in [0.25, 0.3) is 0 Å². The summed E-state index contributed by atoms with van der Waals surface area (Å²) in [6.07, 6.45) is -2.32. The van der Waals surface area contributed by atoms with Crippen LogP contribution < -0.4 is 0 Å². The van der Waals surface area contributed by atoms with Crippen molar-refractivity contribution in [1.29, 1.82) is 0 Å². The Balaban J connectivity index is 1.90. The van der Waals surface area contributed by atoms with Crippen molar-refractivity contribution in [2.45, 2.75) is 51.3 Å². The lowest BCUT2D eigenvalue weighted by Gasteiger charge is -2.40. The summed E-state index contributed by atoms with van der Waals surface area (Å²) >= 11 is 0. The van der Waals surface area contributed by atoms with E-state index in [1.54, 1.807) is 4.90 Å². The number of alkyl halides is 3. The number of aliphatic hydroxyl groups excluding tert-OH is 1. The van der Waals surface area contributed by atoms with Crippen LogP contribution in [0.5, 0.6) is 0 Å². The summed E-state index contributed by atoms with van der Waals surface area (Å²) in [4.78, 5) is 16.2. The fraction of sp³-hybridized carbons (Fsp3) is 0.938. The minimum absolute atomic E-state index is 0.0720. The summed E-state index contributed by atoms with van der Waals surface area (Å²) in [6.45, 7) is 4.61. The Bertz CT molecular complexity index is 395. The van der Waals surface area contributed by atoms with Gasteiger partial charge in [-0.05, 0) is 19.3 Å². The third-order valence-electron chi connectivity index (χ3n) is 5.13. The first kappa shape index (κ1) is 18.5. The molecule has 0 aromatic heterocycles. The van der Waals surface area contributed by atoms with Crippen molar-refractivity contribution in [1.82, 2.24) is 9.80 Å². The molecule has 2 rings (SSSR count). The third kappa shape index (κ3) is 4.83. The van der Waals surface area contributed by atoms with Crippen LogP contribution in [0.4, 0.5) is 13.2 Å². The van der Waals surface area contributed by atoms with Gasteiger partial charge in [0.15, 0.2) is 0 Å². The number of hydrogen-bond donors (Lipinski definition) is 1. The van der Waals surface area contributed by atoms with E-state index in [-0.39, 0.29) is 18.4 Å². The predicted molar refractivity (Wildman–Crippen MR) is 80.8 cm³/mol. The van der Waals surface area contributed by atoms with E-state index in [0.717, 1.165) is 0 Å². The molecule has 1 heterocycles. The maximum Gasteiger partial charge on any atom is 0.392 e. The molecule has 0 unspecified atom stereocenters. The van der Waals surface area contributed by atoms with Gasteiger partial charge in [0.25, 0.3) is 0 Å². The Morgan fingerprint density at radius 2 is 1.78 bits per heavy atom. The number of hydrogen-bond acceptors (Lipinski definition) is 3. The molecule has 2 aliphatic rings. The molecule has 134 valence electrons. The summed E-state index contributed by atoms with van der Waals surface area (Å²) in [6, 6.07) is 0. The first-order chi connectivity index (χ1) is 10.8. The summed E-state index contributed by atoms with van der Waals surface area (Å²) in [5.74, 6) is -2.72.